The molecule has 19 heavy (non-hydrogen) atoms. The summed E-state index contributed by atoms with van der Waals surface area (Å²) in [6.45, 7) is 0.607. The number of nitrogens with zero attached hydrogens (tertiary/aromatic N) is 1. The molecule has 1 aliphatic carbocycles. The minimum Gasteiger partial charge on any atom is -0.380 e. The zero-order valence-electron chi connectivity index (χ0n) is 11.1. The van der Waals surface area contributed by atoms with Crippen LogP contribution in [0, 0.1) is 0 Å². The van der Waals surface area contributed by atoms with Crippen molar-refractivity contribution in [1.29, 1.82) is 0 Å². The van der Waals surface area contributed by atoms with Gasteiger partial charge in [-0.15, -0.1) is 0 Å². The SMILES string of the molecule is COCc1ccccc1-c1ccncc1C1(N)CC1. The number of hydrogen-bond donors (Lipinski definition) is 1. The van der Waals surface area contributed by atoms with Gasteiger partial charge in [0.05, 0.1) is 6.61 Å². The van der Waals surface area contributed by atoms with Gasteiger partial charge in [-0.3, -0.25) is 4.98 Å². The lowest BCUT2D eigenvalue weighted by atomic mass is 9.93. The van der Waals surface area contributed by atoms with Gasteiger partial charge in [-0.05, 0) is 41.2 Å². The number of pyridine rings is 1. The lowest BCUT2D eigenvalue weighted by Gasteiger charge is -2.17. The van der Waals surface area contributed by atoms with E-state index in [1.807, 2.05) is 18.5 Å². The zero-order valence-corrected chi connectivity index (χ0v) is 11.1. The van der Waals surface area contributed by atoms with Crippen molar-refractivity contribution in [2.24, 2.45) is 5.73 Å². The molecule has 0 bridgehead atoms. The summed E-state index contributed by atoms with van der Waals surface area (Å²) in [6, 6.07) is 10.4. The van der Waals surface area contributed by atoms with Gasteiger partial charge in [0.15, 0.2) is 0 Å². The maximum Gasteiger partial charge on any atom is 0.0719 e. The Hall–Kier alpha value is -1.71. The average molecular weight is 254 g/mol. The molecule has 1 saturated carbocycles. The molecule has 2 N–H and O–H groups in total. The largest absolute Gasteiger partial charge is 0.380 e. The molecule has 1 heterocycles. The van der Waals surface area contributed by atoms with Crippen LogP contribution in [-0.2, 0) is 16.9 Å². The van der Waals surface area contributed by atoms with E-state index in [1.165, 1.54) is 16.7 Å². The summed E-state index contributed by atoms with van der Waals surface area (Å²) in [5.74, 6) is 0. The summed E-state index contributed by atoms with van der Waals surface area (Å²) in [4.78, 5) is 4.24. The summed E-state index contributed by atoms with van der Waals surface area (Å²) in [7, 11) is 1.72. The molecule has 0 saturated heterocycles. The number of methoxy groups -OCH3 is 1. The molecule has 1 aromatic carbocycles. The Morgan fingerprint density at radius 2 is 2.00 bits per heavy atom. The lowest BCUT2D eigenvalue weighted by molar-refractivity contribution is 0.185. The molecular formula is C16H18N2O. The predicted molar refractivity (Wildman–Crippen MR) is 75.5 cm³/mol. The smallest absolute Gasteiger partial charge is 0.0719 e. The maximum absolute atomic E-state index is 6.36. The summed E-state index contributed by atoms with van der Waals surface area (Å²) < 4.78 is 5.28. The third kappa shape index (κ3) is 2.27. The minimum atomic E-state index is -0.177. The van der Waals surface area contributed by atoms with E-state index in [1.54, 1.807) is 7.11 Å². The molecule has 3 rings (SSSR count). The van der Waals surface area contributed by atoms with Gasteiger partial charge in [0, 0.05) is 25.0 Å². The number of nitrogens with two attached hydrogens (primary N) is 1. The fraction of sp³-hybridized carbons (Fsp3) is 0.312. The second kappa shape index (κ2) is 4.76. The molecular weight excluding hydrogens is 236 g/mol. The van der Waals surface area contributed by atoms with Gasteiger partial charge in [-0.2, -0.15) is 0 Å². The molecule has 0 atom stereocenters. The standard InChI is InChI=1S/C16H18N2O/c1-19-11-12-4-2-3-5-13(12)14-6-9-18-10-15(14)16(17)7-8-16/h2-6,9-10H,7-8,11,17H2,1H3. The summed E-state index contributed by atoms with van der Waals surface area (Å²) in [5.41, 5.74) is 10.9. The van der Waals surface area contributed by atoms with E-state index in [0.29, 0.717) is 6.61 Å². The minimum absolute atomic E-state index is 0.177. The Balaban J connectivity index is 2.12. The van der Waals surface area contributed by atoms with E-state index in [0.717, 1.165) is 18.4 Å². The van der Waals surface area contributed by atoms with Crippen LogP contribution in [0.5, 0.6) is 0 Å². The van der Waals surface area contributed by atoms with Crippen molar-refractivity contribution in [1.82, 2.24) is 4.98 Å². The van der Waals surface area contributed by atoms with Crippen LogP contribution in [0.15, 0.2) is 42.7 Å². The molecule has 0 amide bonds. The lowest BCUT2D eigenvalue weighted by Crippen LogP contribution is -2.20. The van der Waals surface area contributed by atoms with Crippen LogP contribution in [0.2, 0.25) is 0 Å². The Bertz CT molecular complexity index is 591. The van der Waals surface area contributed by atoms with Gasteiger partial charge in [-0.25, -0.2) is 0 Å². The highest BCUT2D eigenvalue weighted by atomic mass is 16.5. The number of benzene rings is 1. The topological polar surface area (TPSA) is 48.1 Å². The predicted octanol–water partition coefficient (Wildman–Crippen LogP) is 2.84. The highest BCUT2D eigenvalue weighted by molar-refractivity contribution is 5.71. The molecule has 0 unspecified atom stereocenters. The van der Waals surface area contributed by atoms with Crippen molar-refractivity contribution in [2.45, 2.75) is 25.0 Å². The van der Waals surface area contributed by atoms with Crippen molar-refractivity contribution >= 4 is 0 Å². The molecule has 0 aliphatic heterocycles. The monoisotopic (exact) mass is 254 g/mol. The first kappa shape index (κ1) is 12.3. The van der Waals surface area contributed by atoms with E-state index < -0.39 is 0 Å². The first-order valence-electron chi connectivity index (χ1n) is 6.55. The number of hydrogen-bond acceptors (Lipinski definition) is 3. The van der Waals surface area contributed by atoms with Gasteiger partial charge >= 0.3 is 0 Å². The van der Waals surface area contributed by atoms with Crippen molar-refractivity contribution in [2.75, 3.05) is 7.11 Å². The van der Waals surface area contributed by atoms with Gasteiger partial charge < -0.3 is 10.5 Å². The highest BCUT2D eigenvalue weighted by Gasteiger charge is 2.42. The molecule has 1 aliphatic rings. The molecule has 98 valence electrons. The molecule has 0 radical (unpaired) electrons. The summed E-state index contributed by atoms with van der Waals surface area (Å²) in [6.07, 6.45) is 5.82. The van der Waals surface area contributed by atoms with E-state index >= 15 is 0 Å². The van der Waals surface area contributed by atoms with Gasteiger partial charge in [0.1, 0.15) is 0 Å². The third-order valence-electron chi connectivity index (χ3n) is 3.75. The van der Waals surface area contributed by atoms with Crippen LogP contribution in [0.1, 0.15) is 24.0 Å². The van der Waals surface area contributed by atoms with Crippen molar-refractivity contribution in [3.63, 3.8) is 0 Å². The maximum atomic E-state index is 6.36. The Kier molecular flexibility index (Phi) is 3.09. The molecule has 1 aromatic heterocycles. The van der Waals surface area contributed by atoms with Crippen LogP contribution in [0.25, 0.3) is 11.1 Å². The summed E-state index contributed by atoms with van der Waals surface area (Å²) in [5, 5.41) is 0. The number of ether oxygens (including phenoxy) is 1. The van der Waals surface area contributed by atoms with E-state index in [-0.39, 0.29) is 5.54 Å². The molecule has 1 fully saturated rings. The Morgan fingerprint density at radius 3 is 2.74 bits per heavy atom. The second-order valence-electron chi connectivity index (χ2n) is 5.17. The highest BCUT2D eigenvalue weighted by Crippen LogP contribution is 2.46. The van der Waals surface area contributed by atoms with E-state index in [9.17, 15) is 0 Å². The average Bonchev–Trinajstić information content (AvgIpc) is 3.19. The fourth-order valence-electron chi connectivity index (χ4n) is 2.49. The molecule has 3 heteroatoms. The van der Waals surface area contributed by atoms with Gasteiger partial charge in [-0.1, -0.05) is 24.3 Å². The van der Waals surface area contributed by atoms with Crippen molar-refractivity contribution in [3.8, 4) is 11.1 Å². The Labute approximate surface area is 113 Å². The van der Waals surface area contributed by atoms with Crippen LogP contribution in [0.4, 0.5) is 0 Å². The van der Waals surface area contributed by atoms with Crippen LogP contribution in [-0.4, -0.2) is 12.1 Å². The van der Waals surface area contributed by atoms with E-state index in [4.69, 9.17) is 10.5 Å². The van der Waals surface area contributed by atoms with Gasteiger partial charge in [0.2, 0.25) is 0 Å². The Morgan fingerprint density at radius 1 is 1.21 bits per heavy atom. The van der Waals surface area contributed by atoms with Crippen LogP contribution >= 0.6 is 0 Å². The first-order chi connectivity index (χ1) is 9.24. The molecule has 0 spiro atoms. The number of rotatable bonds is 4. The van der Waals surface area contributed by atoms with Crippen molar-refractivity contribution in [3.05, 3.63) is 53.9 Å². The molecule has 3 nitrogen and oxygen atoms in total. The van der Waals surface area contributed by atoms with Crippen LogP contribution < -0.4 is 5.73 Å². The molecule has 2 aromatic rings. The normalized spacial score (nSPS) is 16.3. The summed E-state index contributed by atoms with van der Waals surface area (Å²) >= 11 is 0. The second-order valence-corrected chi connectivity index (χ2v) is 5.17. The number of aromatic nitrogens is 1. The third-order valence-corrected chi connectivity index (χ3v) is 3.75. The first-order valence-corrected chi connectivity index (χ1v) is 6.55. The zero-order chi connectivity index (χ0) is 13.3. The van der Waals surface area contributed by atoms with E-state index in [2.05, 4.69) is 29.2 Å². The van der Waals surface area contributed by atoms with Gasteiger partial charge in [0.25, 0.3) is 0 Å². The quantitative estimate of drug-likeness (QED) is 0.912. The van der Waals surface area contributed by atoms with Crippen LogP contribution in [0.3, 0.4) is 0 Å². The van der Waals surface area contributed by atoms with Crippen molar-refractivity contribution < 1.29 is 4.74 Å². The fourth-order valence-corrected chi connectivity index (χ4v) is 2.49.